The maximum Gasteiger partial charge on any atom is 0.339 e. The van der Waals surface area contributed by atoms with Gasteiger partial charge >= 0.3 is 11.9 Å². The number of ether oxygens (including phenoxy) is 2. The molecule has 0 aromatic heterocycles. The zero-order valence-electron chi connectivity index (χ0n) is 15.9. The molecule has 0 saturated heterocycles. The summed E-state index contributed by atoms with van der Waals surface area (Å²) in [5, 5.41) is 0. The number of hydrogen-bond acceptors (Lipinski definition) is 4. The highest BCUT2D eigenvalue weighted by atomic mass is 16.5. The van der Waals surface area contributed by atoms with Crippen LogP contribution in [-0.2, 0) is 26.3 Å². The first-order chi connectivity index (χ1) is 11.7. The van der Waals surface area contributed by atoms with Crippen molar-refractivity contribution in [3.8, 4) is 0 Å². The molecule has 1 aliphatic carbocycles. The lowest BCUT2D eigenvalue weighted by Gasteiger charge is -2.44. The fourth-order valence-corrected chi connectivity index (χ4v) is 4.93. The summed E-state index contributed by atoms with van der Waals surface area (Å²) in [6, 6.07) is 4.10. The molecule has 0 amide bonds. The van der Waals surface area contributed by atoms with Crippen molar-refractivity contribution in [2.24, 2.45) is 5.41 Å². The van der Waals surface area contributed by atoms with Crippen molar-refractivity contribution < 1.29 is 19.1 Å². The van der Waals surface area contributed by atoms with Gasteiger partial charge in [0.1, 0.15) is 6.61 Å². The van der Waals surface area contributed by atoms with E-state index in [0.29, 0.717) is 5.56 Å². The number of rotatable bonds is 3. The molecule has 4 heteroatoms. The van der Waals surface area contributed by atoms with Crippen LogP contribution in [0, 0.1) is 5.41 Å². The standard InChI is InChI=1S/C21H28O4/c1-13(18(22)24-5)16-15(8-7-14-11-25-19(23)17(14)16)21(4)10-6-9-20(2,3)12-21/h7-8,13H,6,9-12H2,1-5H3/t13-,21+/m0/s1. The van der Waals surface area contributed by atoms with E-state index in [1.165, 1.54) is 13.5 Å². The van der Waals surface area contributed by atoms with E-state index in [-0.39, 0.29) is 29.4 Å². The molecule has 1 fully saturated rings. The second-order valence-corrected chi connectivity index (χ2v) is 8.64. The van der Waals surface area contributed by atoms with Crippen molar-refractivity contribution in [3.05, 3.63) is 34.4 Å². The van der Waals surface area contributed by atoms with Crippen molar-refractivity contribution in [2.45, 2.75) is 71.3 Å². The summed E-state index contributed by atoms with van der Waals surface area (Å²) in [6.45, 7) is 8.99. The maximum absolute atomic E-state index is 12.4. The number of hydrogen-bond donors (Lipinski definition) is 0. The van der Waals surface area contributed by atoms with Crippen molar-refractivity contribution in [2.75, 3.05) is 7.11 Å². The SMILES string of the molecule is COC(=O)[C@@H](C)c1c([C@]2(C)CCCC(C)(C)C2)ccc2c1C(=O)OC2. The van der Waals surface area contributed by atoms with Crippen LogP contribution in [0.3, 0.4) is 0 Å². The van der Waals surface area contributed by atoms with Crippen LogP contribution >= 0.6 is 0 Å². The van der Waals surface area contributed by atoms with E-state index in [1.54, 1.807) is 0 Å². The largest absolute Gasteiger partial charge is 0.469 e. The molecule has 4 nitrogen and oxygen atoms in total. The van der Waals surface area contributed by atoms with Gasteiger partial charge < -0.3 is 9.47 Å². The highest BCUT2D eigenvalue weighted by Gasteiger charge is 2.42. The Kier molecular flexibility index (Phi) is 4.42. The Morgan fingerprint density at radius 1 is 1.24 bits per heavy atom. The number of fused-ring (bicyclic) bond motifs is 1. The summed E-state index contributed by atoms with van der Waals surface area (Å²) in [7, 11) is 1.39. The Labute approximate surface area is 149 Å². The highest BCUT2D eigenvalue weighted by Crippen LogP contribution is 2.50. The number of methoxy groups -OCH3 is 1. The van der Waals surface area contributed by atoms with Crippen molar-refractivity contribution >= 4 is 11.9 Å². The van der Waals surface area contributed by atoms with Crippen LogP contribution in [0.15, 0.2) is 12.1 Å². The molecule has 0 unspecified atom stereocenters. The molecule has 1 aromatic carbocycles. The maximum atomic E-state index is 12.4. The first-order valence-electron chi connectivity index (χ1n) is 9.10. The molecular formula is C21H28O4. The average molecular weight is 344 g/mol. The van der Waals surface area contributed by atoms with Crippen molar-refractivity contribution in [1.29, 1.82) is 0 Å². The molecule has 0 bridgehead atoms. The molecule has 2 atom stereocenters. The molecule has 136 valence electrons. The Hall–Kier alpha value is -1.84. The average Bonchev–Trinajstić information content (AvgIpc) is 2.93. The van der Waals surface area contributed by atoms with E-state index in [2.05, 4.69) is 26.8 Å². The van der Waals surface area contributed by atoms with E-state index >= 15 is 0 Å². The van der Waals surface area contributed by atoms with Gasteiger partial charge in [0.2, 0.25) is 0 Å². The molecule has 1 saturated carbocycles. The fourth-order valence-electron chi connectivity index (χ4n) is 4.93. The van der Waals surface area contributed by atoms with E-state index in [9.17, 15) is 9.59 Å². The van der Waals surface area contributed by atoms with E-state index in [1.807, 2.05) is 13.0 Å². The topological polar surface area (TPSA) is 52.6 Å². The quantitative estimate of drug-likeness (QED) is 0.758. The van der Waals surface area contributed by atoms with Crippen LogP contribution in [0.4, 0.5) is 0 Å². The lowest BCUT2D eigenvalue weighted by Crippen LogP contribution is -2.36. The van der Waals surface area contributed by atoms with Gasteiger partial charge in [-0.3, -0.25) is 4.79 Å². The fraction of sp³-hybridized carbons (Fsp3) is 0.619. The minimum atomic E-state index is -0.484. The van der Waals surface area contributed by atoms with E-state index in [0.717, 1.165) is 36.0 Å². The van der Waals surface area contributed by atoms with Gasteiger partial charge in [0.25, 0.3) is 0 Å². The zero-order chi connectivity index (χ0) is 18.4. The van der Waals surface area contributed by atoms with Gasteiger partial charge in [-0.2, -0.15) is 0 Å². The highest BCUT2D eigenvalue weighted by molar-refractivity contribution is 5.97. The molecule has 25 heavy (non-hydrogen) atoms. The minimum absolute atomic E-state index is 0.0583. The molecule has 2 aliphatic rings. The van der Waals surface area contributed by atoms with Gasteiger partial charge in [0.15, 0.2) is 0 Å². The van der Waals surface area contributed by atoms with Crippen LogP contribution < -0.4 is 0 Å². The van der Waals surface area contributed by atoms with Gasteiger partial charge in [-0.1, -0.05) is 39.3 Å². The molecule has 3 rings (SSSR count). The summed E-state index contributed by atoms with van der Waals surface area (Å²) in [6.07, 6.45) is 4.45. The van der Waals surface area contributed by atoms with Crippen LogP contribution in [0.2, 0.25) is 0 Å². The third-order valence-electron chi connectivity index (χ3n) is 5.98. The molecule has 0 N–H and O–H groups in total. The second-order valence-electron chi connectivity index (χ2n) is 8.64. The number of carbonyl (C=O) groups excluding carboxylic acids is 2. The first-order valence-corrected chi connectivity index (χ1v) is 9.10. The van der Waals surface area contributed by atoms with E-state index < -0.39 is 5.92 Å². The van der Waals surface area contributed by atoms with E-state index in [4.69, 9.17) is 9.47 Å². The first kappa shape index (κ1) is 18.0. The molecule has 1 aromatic rings. The summed E-state index contributed by atoms with van der Waals surface area (Å²) in [5.41, 5.74) is 3.57. The summed E-state index contributed by atoms with van der Waals surface area (Å²) >= 11 is 0. The zero-order valence-corrected chi connectivity index (χ0v) is 15.9. The Bertz CT molecular complexity index is 719. The molecule has 0 spiro atoms. The summed E-state index contributed by atoms with van der Waals surface area (Å²) in [4.78, 5) is 24.7. The third-order valence-corrected chi connectivity index (χ3v) is 5.98. The third kappa shape index (κ3) is 3.07. The van der Waals surface area contributed by atoms with Crippen molar-refractivity contribution in [3.63, 3.8) is 0 Å². The smallest absolute Gasteiger partial charge is 0.339 e. The van der Waals surface area contributed by atoms with Gasteiger partial charge in [-0.05, 0) is 48.1 Å². The Morgan fingerprint density at radius 3 is 2.60 bits per heavy atom. The van der Waals surface area contributed by atoms with Crippen LogP contribution in [0.25, 0.3) is 0 Å². The normalized spacial score (nSPS) is 25.9. The van der Waals surface area contributed by atoms with Crippen LogP contribution in [0.1, 0.15) is 86.3 Å². The monoisotopic (exact) mass is 344 g/mol. The Morgan fingerprint density at radius 2 is 1.96 bits per heavy atom. The molecule has 1 heterocycles. The molecule has 1 aliphatic heterocycles. The predicted molar refractivity (Wildman–Crippen MR) is 95.6 cm³/mol. The van der Waals surface area contributed by atoms with Crippen LogP contribution in [0.5, 0.6) is 0 Å². The lowest BCUT2D eigenvalue weighted by molar-refractivity contribution is -0.142. The second kappa shape index (κ2) is 6.15. The minimum Gasteiger partial charge on any atom is -0.469 e. The van der Waals surface area contributed by atoms with Gasteiger partial charge in [0, 0.05) is 5.56 Å². The number of benzene rings is 1. The number of cyclic esters (lactones) is 1. The summed E-state index contributed by atoms with van der Waals surface area (Å²) in [5.74, 6) is -1.11. The van der Waals surface area contributed by atoms with Gasteiger partial charge in [0.05, 0.1) is 18.6 Å². The van der Waals surface area contributed by atoms with Crippen LogP contribution in [-0.4, -0.2) is 19.0 Å². The predicted octanol–water partition coefficient (Wildman–Crippen LogP) is 4.49. The number of carbonyl (C=O) groups is 2. The molecule has 0 radical (unpaired) electrons. The van der Waals surface area contributed by atoms with Crippen molar-refractivity contribution in [1.82, 2.24) is 0 Å². The Balaban J connectivity index is 2.19. The molecular weight excluding hydrogens is 316 g/mol. The van der Waals surface area contributed by atoms with Gasteiger partial charge in [-0.25, -0.2) is 4.79 Å². The summed E-state index contributed by atoms with van der Waals surface area (Å²) < 4.78 is 10.2. The lowest BCUT2D eigenvalue weighted by atomic mass is 9.60. The van der Waals surface area contributed by atoms with Gasteiger partial charge in [-0.15, -0.1) is 0 Å². The number of esters is 2.